The molecule has 1 rings (SSSR count). The molecule has 1 aliphatic rings. The number of hydrogen-bond donors (Lipinski definition) is 2. The van der Waals surface area contributed by atoms with E-state index in [9.17, 15) is 9.90 Å². The van der Waals surface area contributed by atoms with Gasteiger partial charge in [0.05, 0.1) is 11.5 Å². The molecule has 0 bridgehead atoms. The van der Waals surface area contributed by atoms with Crippen molar-refractivity contribution in [3.63, 3.8) is 0 Å². The zero-order chi connectivity index (χ0) is 12.9. The standard InChI is InChI=1S/C12H24N2O3/c1-10(15)3-6-14(2)11(16)12(9-13)4-7-17-8-5-12/h10,15H,3-9,13H2,1-2H3. The lowest BCUT2D eigenvalue weighted by atomic mass is 9.79. The molecule has 0 aromatic heterocycles. The number of nitrogens with two attached hydrogens (primary N) is 1. The molecule has 1 saturated heterocycles. The highest BCUT2D eigenvalue weighted by molar-refractivity contribution is 5.82. The van der Waals surface area contributed by atoms with Crippen molar-refractivity contribution >= 4 is 5.91 Å². The molecule has 1 unspecified atom stereocenters. The summed E-state index contributed by atoms with van der Waals surface area (Å²) < 4.78 is 5.29. The maximum Gasteiger partial charge on any atom is 0.229 e. The zero-order valence-electron chi connectivity index (χ0n) is 10.8. The van der Waals surface area contributed by atoms with Crippen molar-refractivity contribution in [1.82, 2.24) is 4.90 Å². The highest BCUT2D eigenvalue weighted by atomic mass is 16.5. The van der Waals surface area contributed by atoms with Gasteiger partial charge in [0.25, 0.3) is 0 Å². The summed E-state index contributed by atoms with van der Waals surface area (Å²) in [4.78, 5) is 14.1. The van der Waals surface area contributed by atoms with Gasteiger partial charge in [-0.2, -0.15) is 0 Å². The third kappa shape index (κ3) is 3.66. The summed E-state index contributed by atoms with van der Waals surface area (Å²) in [5.41, 5.74) is 5.33. The fraction of sp³-hybridized carbons (Fsp3) is 0.917. The van der Waals surface area contributed by atoms with Gasteiger partial charge in [-0.25, -0.2) is 0 Å². The molecule has 0 aromatic rings. The van der Waals surface area contributed by atoms with Gasteiger partial charge in [-0.15, -0.1) is 0 Å². The molecule has 0 radical (unpaired) electrons. The highest BCUT2D eigenvalue weighted by Gasteiger charge is 2.40. The summed E-state index contributed by atoms with van der Waals surface area (Å²) in [7, 11) is 1.78. The third-order valence-electron chi connectivity index (χ3n) is 3.52. The lowest BCUT2D eigenvalue weighted by Crippen LogP contribution is -2.50. The Morgan fingerprint density at radius 2 is 2.12 bits per heavy atom. The second-order valence-electron chi connectivity index (χ2n) is 4.96. The van der Waals surface area contributed by atoms with Crippen LogP contribution in [-0.2, 0) is 9.53 Å². The van der Waals surface area contributed by atoms with E-state index in [-0.39, 0.29) is 12.0 Å². The first-order chi connectivity index (χ1) is 8.02. The topological polar surface area (TPSA) is 75.8 Å². The maximum atomic E-state index is 12.4. The molecule has 17 heavy (non-hydrogen) atoms. The Labute approximate surface area is 103 Å². The van der Waals surface area contributed by atoms with Crippen LogP contribution < -0.4 is 5.73 Å². The molecule has 1 amide bonds. The number of rotatable bonds is 5. The fourth-order valence-electron chi connectivity index (χ4n) is 2.15. The average Bonchev–Trinajstić information content (AvgIpc) is 2.35. The van der Waals surface area contributed by atoms with Gasteiger partial charge in [0.15, 0.2) is 0 Å². The van der Waals surface area contributed by atoms with Gasteiger partial charge < -0.3 is 20.5 Å². The monoisotopic (exact) mass is 244 g/mol. The molecule has 1 aliphatic heterocycles. The van der Waals surface area contributed by atoms with Crippen LogP contribution in [-0.4, -0.2) is 55.4 Å². The van der Waals surface area contributed by atoms with E-state index in [2.05, 4.69) is 0 Å². The van der Waals surface area contributed by atoms with Crippen molar-refractivity contribution < 1.29 is 14.6 Å². The van der Waals surface area contributed by atoms with Crippen molar-refractivity contribution in [3.05, 3.63) is 0 Å². The van der Waals surface area contributed by atoms with Crippen LogP contribution in [0, 0.1) is 5.41 Å². The number of hydrogen-bond acceptors (Lipinski definition) is 4. The first kappa shape index (κ1) is 14.4. The molecule has 0 aromatic carbocycles. The molecular weight excluding hydrogens is 220 g/mol. The van der Waals surface area contributed by atoms with E-state index in [1.807, 2.05) is 0 Å². The van der Waals surface area contributed by atoms with E-state index in [0.717, 1.165) is 0 Å². The van der Waals surface area contributed by atoms with Crippen LogP contribution in [0.15, 0.2) is 0 Å². The fourth-order valence-corrected chi connectivity index (χ4v) is 2.15. The van der Waals surface area contributed by atoms with Gasteiger partial charge in [0, 0.05) is 33.4 Å². The molecule has 1 atom stereocenters. The van der Waals surface area contributed by atoms with Crippen molar-refractivity contribution in [2.75, 3.05) is 33.4 Å². The second kappa shape index (κ2) is 6.33. The van der Waals surface area contributed by atoms with E-state index in [1.54, 1.807) is 18.9 Å². The molecule has 5 nitrogen and oxygen atoms in total. The van der Waals surface area contributed by atoms with E-state index in [4.69, 9.17) is 10.5 Å². The minimum atomic E-state index is -0.453. The number of carbonyl (C=O) groups excluding carboxylic acids is 1. The molecule has 5 heteroatoms. The van der Waals surface area contributed by atoms with Crippen LogP contribution in [0.1, 0.15) is 26.2 Å². The van der Waals surface area contributed by atoms with Crippen LogP contribution in [0.25, 0.3) is 0 Å². The first-order valence-corrected chi connectivity index (χ1v) is 6.23. The van der Waals surface area contributed by atoms with Crippen molar-refractivity contribution in [3.8, 4) is 0 Å². The van der Waals surface area contributed by atoms with Crippen LogP contribution in [0.4, 0.5) is 0 Å². The van der Waals surface area contributed by atoms with Gasteiger partial charge in [-0.3, -0.25) is 4.79 Å². The van der Waals surface area contributed by atoms with Gasteiger partial charge in [-0.05, 0) is 26.2 Å². The van der Waals surface area contributed by atoms with Crippen LogP contribution in [0.3, 0.4) is 0 Å². The number of nitrogens with zero attached hydrogens (tertiary/aromatic N) is 1. The Hall–Kier alpha value is -0.650. The number of ether oxygens (including phenoxy) is 1. The third-order valence-corrected chi connectivity index (χ3v) is 3.52. The summed E-state index contributed by atoms with van der Waals surface area (Å²) in [5.74, 6) is 0.0870. The van der Waals surface area contributed by atoms with E-state index < -0.39 is 5.41 Å². The summed E-state index contributed by atoms with van der Waals surface area (Å²) in [6, 6.07) is 0. The molecule has 3 N–H and O–H groups in total. The largest absolute Gasteiger partial charge is 0.393 e. The van der Waals surface area contributed by atoms with Gasteiger partial charge in [-0.1, -0.05) is 0 Å². The molecule has 1 fully saturated rings. The van der Waals surface area contributed by atoms with E-state index >= 15 is 0 Å². The lowest BCUT2D eigenvalue weighted by Gasteiger charge is -2.37. The quantitative estimate of drug-likeness (QED) is 0.712. The van der Waals surface area contributed by atoms with Crippen molar-refractivity contribution in [2.45, 2.75) is 32.3 Å². The number of amides is 1. The highest BCUT2D eigenvalue weighted by Crippen LogP contribution is 2.31. The number of aliphatic hydroxyl groups excluding tert-OH is 1. The van der Waals surface area contributed by atoms with Crippen LogP contribution in [0.2, 0.25) is 0 Å². The predicted octanol–water partition coefficient (Wildman–Crippen LogP) is -0.0288. The lowest BCUT2D eigenvalue weighted by molar-refractivity contribution is -0.146. The maximum absolute atomic E-state index is 12.4. The molecular formula is C12H24N2O3. The smallest absolute Gasteiger partial charge is 0.229 e. The zero-order valence-corrected chi connectivity index (χ0v) is 10.8. The summed E-state index contributed by atoms with van der Waals surface area (Å²) in [5, 5.41) is 9.23. The van der Waals surface area contributed by atoms with Crippen molar-refractivity contribution in [1.29, 1.82) is 0 Å². The number of carbonyl (C=O) groups is 1. The van der Waals surface area contributed by atoms with E-state index in [1.165, 1.54) is 0 Å². The molecule has 0 spiro atoms. The molecule has 1 heterocycles. The minimum Gasteiger partial charge on any atom is -0.393 e. The Morgan fingerprint density at radius 3 is 2.59 bits per heavy atom. The molecule has 0 aliphatic carbocycles. The van der Waals surface area contributed by atoms with Crippen LogP contribution in [0.5, 0.6) is 0 Å². The molecule has 100 valence electrons. The molecule has 0 saturated carbocycles. The van der Waals surface area contributed by atoms with Gasteiger partial charge >= 0.3 is 0 Å². The number of aliphatic hydroxyl groups is 1. The Bertz CT molecular complexity index is 250. The van der Waals surface area contributed by atoms with E-state index in [0.29, 0.717) is 45.6 Å². The predicted molar refractivity (Wildman–Crippen MR) is 65.5 cm³/mol. The Morgan fingerprint density at radius 1 is 1.53 bits per heavy atom. The SMILES string of the molecule is CC(O)CCN(C)C(=O)C1(CN)CCOCC1. The van der Waals surface area contributed by atoms with Gasteiger partial charge in [0.2, 0.25) is 5.91 Å². The van der Waals surface area contributed by atoms with Crippen molar-refractivity contribution in [2.24, 2.45) is 11.1 Å². The summed E-state index contributed by atoms with van der Waals surface area (Å²) >= 11 is 0. The second-order valence-corrected chi connectivity index (χ2v) is 4.96. The first-order valence-electron chi connectivity index (χ1n) is 6.23. The van der Waals surface area contributed by atoms with Gasteiger partial charge in [0.1, 0.15) is 0 Å². The summed E-state index contributed by atoms with van der Waals surface area (Å²) in [6.07, 6.45) is 1.61. The Kier molecular flexibility index (Phi) is 5.36. The van der Waals surface area contributed by atoms with Crippen LogP contribution >= 0.6 is 0 Å². The minimum absolute atomic E-state index is 0.0870. The summed E-state index contributed by atoms with van der Waals surface area (Å²) in [6.45, 7) is 3.87. The normalized spacial score (nSPS) is 20.9. The Balaban J connectivity index is 2.58. The average molecular weight is 244 g/mol.